The fraction of sp³-hybridized carbons (Fsp3) is 0.625. The van der Waals surface area contributed by atoms with Gasteiger partial charge >= 0.3 is 0 Å². The Bertz CT molecular complexity index is 341. The van der Waals surface area contributed by atoms with Crippen LogP contribution < -0.4 is 10.1 Å². The summed E-state index contributed by atoms with van der Waals surface area (Å²) in [6.45, 7) is 3.57. The fourth-order valence-electron chi connectivity index (χ4n) is 2.21. The quantitative estimate of drug-likeness (QED) is 0.639. The van der Waals surface area contributed by atoms with Crippen LogP contribution in [0.1, 0.15) is 38.2 Å². The van der Waals surface area contributed by atoms with Crippen molar-refractivity contribution >= 4 is 0 Å². The van der Waals surface area contributed by atoms with Gasteiger partial charge in [0, 0.05) is 12.6 Å². The number of rotatable bonds is 10. The Morgan fingerprint density at radius 1 is 1.16 bits per heavy atom. The molecule has 1 aromatic carbocycles. The van der Waals surface area contributed by atoms with Gasteiger partial charge in [0.15, 0.2) is 0 Å². The summed E-state index contributed by atoms with van der Waals surface area (Å²) in [5.41, 5.74) is 1.25. The van der Waals surface area contributed by atoms with E-state index in [2.05, 4.69) is 24.4 Å². The number of aliphatic hydroxyl groups excluding tert-OH is 1. The van der Waals surface area contributed by atoms with Gasteiger partial charge in [-0.3, -0.25) is 0 Å². The van der Waals surface area contributed by atoms with E-state index in [0.29, 0.717) is 12.6 Å². The zero-order valence-corrected chi connectivity index (χ0v) is 12.2. The summed E-state index contributed by atoms with van der Waals surface area (Å²) >= 11 is 0. The number of nitrogens with one attached hydrogen (secondary N) is 1. The molecular weight excluding hydrogens is 238 g/mol. The molecule has 1 unspecified atom stereocenters. The van der Waals surface area contributed by atoms with Gasteiger partial charge in [0.25, 0.3) is 0 Å². The summed E-state index contributed by atoms with van der Waals surface area (Å²) in [5, 5.41) is 12.2. The molecule has 0 spiro atoms. The number of unbranched alkanes of at least 4 members (excludes halogenated alkanes) is 3. The number of benzene rings is 1. The molecule has 108 valence electrons. The second-order valence-electron chi connectivity index (χ2n) is 5.01. The van der Waals surface area contributed by atoms with E-state index in [1.54, 1.807) is 7.11 Å². The Morgan fingerprint density at radius 3 is 2.63 bits per heavy atom. The minimum absolute atomic E-state index is 0.317. The van der Waals surface area contributed by atoms with Crippen molar-refractivity contribution in [1.82, 2.24) is 5.32 Å². The lowest BCUT2D eigenvalue weighted by atomic mass is 10.1. The highest BCUT2D eigenvalue weighted by Gasteiger charge is 2.06. The summed E-state index contributed by atoms with van der Waals surface area (Å²) < 4.78 is 5.36. The highest BCUT2D eigenvalue weighted by molar-refractivity contribution is 5.33. The standard InChI is InChI=1S/C16H27NO2/c1-14(17-11-7-3-4-8-12-18)13-15-9-5-6-10-16(15)19-2/h5-6,9-10,14,17-18H,3-4,7-8,11-13H2,1-2H3. The van der Waals surface area contributed by atoms with Crippen LogP contribution in [-0.4, -0.2) is 31.4 Å². The average molecular weight is 265 g/mol. The molecule has 0 saturated heterocycles. The van der Waals surface area contributed by atoms with Crippen LogP contribution in [0, 0.1) is 0 Å². The van der Waals surface area contributed by atoms with Crippen molar-refractivity contribution in [1.29, 1.82) is 0 Å². The third-order valence-electron chi connectivity index (χ3n) is 3.30. The van der Waals surface area contributed by atoms with E-state index in [-0.39, 0.29) is 0 Å². The molecule has 1 atom stereocenters. The number of hydrogen-bond acceptors (Lipinski definition) is 3. The zero-order valence-electron chi connectivity index (χ0n) is 12.2. The highest BCUT2D eigenvalue weighted by atomic mass is 16.5. The fourth-order valence-corrected chi connectivity index (χ4v) is 2.21. The second-order valence-corrected chi connectivity index (χ2v) is 5.01. The molecule has 0 aliphatic heterocycles. The van der Waals surface area contributed by atoms with Crippen LogP contribution in [-0.2, 0) is 6.42 Å². The third kappa shape index (κ3) is 6.60. The Hall–Kier alpha value is -1.06. The van der Waals surface area contributed by atoms with Crippen LogP contribution in [0.5, 0.6) is 5.75 Å². The minimum Gasteiger partial charge on any atom is -0.496 e. The van der Waals surface area contributed by atoms with Crippen molar-refractivity contribution in [3.8, 4) is 5.75 Å². The molecule has 3 heteroatoms. The van der Waals surface area contributed by atoms with E-state index in [9.17, 15) is 0 Å². The van der Waals surface area contributed by atoms with Gasteiger partial charge in [-0.05, 0) is 44.4 Å². The maximum Gasteiger partial charge on any atom is 0.122 e. The highest BCUT2D eigenvalue weighted by Crippen LogP contribution is 2.18. The van der Waals surface area contributed by atoms with Crippen LogP contribution in [0.4, 0.5) is 0 Å². The molecule has 0 heterocycles. The van der Waals surface area contributed by atoms with E-state index in [0.717, 1.165) is 31.6 Å². The average Bonchev–Trinajstić information content (AvgIpc) is 2.43. The first-order valence-electron chi connectivity index (χ1n) is 7.24. The second kappa shape index (κ2) is 9.82. The Morgan fingerprint density at radius 2 is 1.89 bits per heavy atom. The van der Waals surface area contributed by atoms with E-state index in [1.807, 2.05) is 12.1 Å². The monoisotopic (exact) mass is 265 g/mol. The molecule has 0 amide bonds. The largest absolute Gasteiger partial charge is 0.496 e. The van der Waals surface area contributed by atoms with Gasteiger partial charge in [0.2, 0.25) is 0 Å². The zero-order chi connectivity index (χ0) is 13.9. The van der Waals surface area contributed by atoms with Crippen molar-refractivity contribution in [2.75, 3.05) is 20.3 Å². The number of aliphatic hydroxyl groups is 1. The SMILES string of the molecule is COc1ccccc1CC(C)NCCCCCCO. The molecule has 3 nitrogen and oxygen atoms in total. The molecule has 0 aliphatic carbocycles. The van der Waals surface area contributed by atoms with E-state index in [4.69, 9.17) is 9.84 Å². The Kier molecular flexibility index (Phi) is 8.26. The molecule has 1 rings (SSSR count). The number of ether oxygens (including phenoxy) is 1. The molecule has 19 heavy (non-hydrogen) atoms. The van der Waals surface area contributed by atoms with Gasteiger partial charge in [-0.25, -0.2) is 0 Å². The summed E-state index contributed by atoms with van der Waals surface area (Å²) in [4.78, 5) is 0. The predicted molar refractivity (Wildman–Crippen MR) is 79.7 cm³/mol. The topological polar surface area (TPSA) is 41.5 Å². The van der Waals surface area contributed by atoms with Crippen molar-refractivity contribution in [2.45, 2.75) is 45.1 Å². The molecule has 0 saturated carbocycles. The van der Waals surface area contributed by atoms with Gasteiger partial charge < -0.3 is 15.2 Å². The number of methoxy groups -OCH3 is 1. The third-order valence-corrected chi connectivity index (χ3v) is 3.30. The Labute approximate surface area is 117 Å². The molecule has 0 bridgehead atoms. The lowest BCUT2D eigenvalue weighted by Gasteiger charge is -2.15. The van der Waals surface area contributed by atoms with Crippen LogP contribution in [0.3, 0.4) is 0 Å². The molecule has 0 aliphatic rings. The minimum atomic E-state index is 0.317. The van der Waals surface area contributed by atoms with Crippen molar-refractivity contribution in [2.24, 2.45) is 0 Å². The van der Waals surface area contributed by atoms with Gasteiger partial charge in [-0.15, -0.1) is 0 Å². The van der Waals surface area contributed by atoms with Gasteiger partial charge in [0.1, 0.15) is 5.75 Å². The summed E-state index contributed by atoms with van der Waals surface area (Å²) in [7, 11) is 1.72. The smallest absolute Gasteiger partial charge is 0.122 e. The lowest BCUT2D eigenvalue weighted by Crippen LogP contribution is -2.29. The van der Waals surface area contributed by atoms with E-state index >= 15 is 0 Å². The van der Waals surface area contributed by atoms with Crippen molar-refractivity contribution < 1.29 is 9.84 Å². The number of hydrogen-bond donors (Lipinski definition) is 2. The maximum atomic E-state index is 8.70. The van der Waals surface area contributed by atoms with E-state index < -0.39 is 0 Å². The normalized spacial score (nSPS) is 12.4. The molecule has 0 radical (unpaired) electrons. The van der Waals surface area contributed by atoms with Crippen LogP contribution in [0.2, 0.25) is 0 Å². The maximum absolute atomic E-state index is 8.70. The van der Waals surface area contributed by atoms with E-state index in [1.165, 1.54) is 18.4 Å². The van der Waals surface area contributed by atoms with Crippen LogP contribution in [0.25, 0.3) is 0 Å². The molecule has 1 aromatic rings. The first-order chi connectivity index (χ1) is 9.27. The first-order valence-corrected chi connectivity index (χ1v) is 7.24. The molecule has 0 aromatic heterocycles. The summed E-state index contributed by atoms with van der Waals surface area (Å²) in [5.74, 6) is 0.971. The van der Waals surface area contributed by atoms with Gasteiger partial charge in [0.05, 0.1) is 7.11 Å². The van der Waals surface area contributed by atoms with Gasteiger partial charge in [-0.2, -0.15) is 0 Å². The molecule has 0 fully saturated rings. The first kappa shape index (κ1) is 16.0. The Balaban J connectivity index is 2.21. The van der Waals surface area contributed by atoms with Crippen LogP contribution in [0.15, 0.2) is 24.3 Å². The molecular formula is C16H27NO2. The van der Waals surface area contributed by atoms with Crippen LogP contribution >= 0.6 is 0 Å². The number of para-hydroxylation sites is 1. The van der Waals surface area contributed by atoms with Crippen molar-refractivity contribution in [3.05, 3.63) is 29.8 Å². The summed E-state index contributed by atoms with van der Waals surface area (Å²) in [6, 6.07) is 8.64. The lowest BCUT2D eigenvalue weighted by molar-refractivity contribution is 0.282. The molecule has 2 N–H and O–H groups in total. The predicted octanol–water partition coefficient (Wildman–Crippen LogP) is 2.77. The van der Waals surface area contributed by atoms with Gasteiger partial charge in [-0.1, -0.05) is 31.0 Å². The summed E-state index contributed by atoms with van der Waals surface area (Å²) in [6.07, 6.45) is 5.40. The van der Waals surface area contributed by atoms with Crippen molar-refractivity contribution in [3.63, 3.8) is 0 Å².